The van der Waals surface area contributed by atoms with E-state index in [1.165, 1.54) is 6.08 Å². The van der Waals surface area contributed by atoms with Gasteiger partial charge in [-0.15, -0.1) is 6.58 Å². The second kappa shape index (κ2) is 4.53. The van der Waals surface area contributed by atoms with E-state index in [4.69, 9.17) is 4.43 Å². The van der Waals surface area contributed by atoms with Gasteiger partial charge in [-0.2, -0.15) is 0 Å². The summed E-state index contributed by atoms with van der Waals surface area (Å²) in [6, 6.07) is 0.345. The van der Waals surface area contributed by atoms with Crippen LogP contribution in [-0.4, -0.2) is 20.5 Å². The highest BCUT2D eigenvalue weighted by molar-refractivity contribution is 6.77. The highest BCUT2D eigenvalue weighted by Gasteiger charge is 2.60. The normalized spacial score (nSPS) is 27.4. The molecule has 1 saturated heterocycles. The van der Waals surface area contributed by atoms with Crippen molar-refractivity contribution in [2.24, 2.45) is 0 Å². The molecule has 15 heavy (non-hydrogen) atoms. The zero-order chi connectivity index (χ0) is 11.5. The molecule has 0 aromatic rings. The maximum atomic E-state index is 13.7. The van der Waals surface area contributed by atoms with Gasteiger partial charge in [0.05, 0.1) is 0 Å². The second-order valence-electron chi connectivity index (χ2n) is 3.77. The largest absolute Gasteiger partial charge is 0.409 e. The Morgan fingerprint density at radius 3 is 2.53 bits per heavy atom. The van der Waals surface area contributed by atoms with E-state index in [0.717, 1.165) is 6.42 Å². The van der Waals surface area contributed by atoms with Crippen molar-refractivity contribution in [2.75, 3.05) is 6.61 Å². The summed E-state index contributed by atoms with van der Waals surface area (Å²) in [6.45, 7) is 6.47. The lowest BCUT2D eigenvalue weighted by molar-refractivity contribution is 0.0583. The summed E-state index contributed by atoms with van der Waals surface area (Å²) < 4.78 is 45.4. The molecule has 0 N–H and O–H groups in total. The van der Waals surface area contributed by atoms with E-state index in [9.17, 15) is 13.2 Å². The predicted octanol–water partition coefficient (Wildman–Crippen LogP) is 3.59. The van der Waals surface area contributed by atoms with Crippen LogP contribution in [0.4, 0.5) is 13.2 Å². The standard InChI is InChI=1S/C10H15F3OSi/c1-3-7-15(8-5-4-6-14-15)10(12,13)9(2)11/h3H,1-2,4-8H2. The van der Waals surface area contributed by atoms with Gasteiger partial charge < -0.3 is 4.43 Å². The lowest BCUT2D eigenvalue weighted by atomic mass is 10.4. The lowest BCUT2D eigenvalue weighted by Gasteiger charge is -2.39. The fraction of sp³-hybridized carbons (Fsp3) is 0.600. The van der Waals surface area contributed by atoms with Crippen molar-refractivity contribution in [3.05, 3.63) is 25.1 Å². The molecule has 0 aromatic carbocycles. The molecule has 86 valence electrons. The summed E-state index contributed by atoms with van der Waals surface area (Å²) in [5.74, 6) is -1.57. The van der Waals surface area contributed by atoms with Gasteiger partial charge in [0.1, 0.15) is 0 Å². The van der Waals surface area contributed by atoms with Gasteiger partial charge in [0, 0.05) is 6.61 Å². The first-order valence-corrected chi connectivity index (χ1v) is 7.26. The Balaban J connectivity index is 2.98. The molecule has 5 heteroatoms. The van der Waals surface area contributed by atoms with Crippen molar-refractivity contribution in [3.63, 3.8) is 0 Å². The molecule has 1 nitrogen and oxygen atoms in total. The summed E-state index contributed by atoms with van der Waals surface area (Å²) in [5, 5.41) is 0. The van der Waals surface area contributed by atoms with E-state index in [1.54, 1.807) is 0 Å². The molecule has 0 radical (unpaired) electrons. The van der Waals surface area contributed by atoms with E-state index >= 15 is 0 Å². The van der Waals surface area contributed by atoms with E-state index in [0.29, 0.717) is 13.0 Å². The Hall–Kier alpha value is -0.553. The van der Waals surface area contributed by atoms with Crippen LogP contribution in [0.3, 0.4) is 0 Å². The molecule has 0 bridgehead atoms. The molecule has 0 saturated carbocycles. The summed E-state index contributed by atoms with van der Waals surface area (Å²) in [6.07, 6.45) is 2.83. The fourth-order valence-corrected chi connectivity index (χ4v) is 5.40. The molecule has 1 unspecified atom stereocenters. The molecule has 0 spiro atoms. The smallest absolute Gasteiger partial charge is 0.306 e. The minimum absolute atomic E-state index is 0.0724. The Bertz CT molecular complexity index is 259. The van der Waals surface area contributed by atoms with E-state index in [2.05, 4.69) is 13.2 Å². The van der Waals surface area contributed by atoms with Gasteiger partial charge in [0.15, 0.2) is 5.83 Å². The SMILES string of the molecule is C=CC[Si]1(C(F)(F)C(=C)F)CCCCO1. The third-order valence-electron chi connectivity index (χ3n) is 2.74. The van der Waals surface area contributed by atoms with Gasteiger partial charge in [-0.1, -0.05) is 19.1 Å². The van der Waals surface area contributed by atoms with Gasteiger partial charge in [0.25, 0.3) is 8.32 Å². The first-order valence-electron chi connectivity index (χ1n) is 4.94. The summed E-state index contributed by atoms with van der Waals surface area (Å²) >= 11 is 0. The number of hydrogen-bond acceptors (Lipinski definition) is 1. The Morgan fingerprint density at radius 2 is 2.13 bits per heavy atom. The lowest BCUT2D eigenvalue weighted by Crippen LogP contribution is -2.57. The Kier molecular flexibility index (Phi) is 3.78. The van der Waals surface area contributed by atoms with Crippen molar-refractivity contribution in [3.8, 4) is 0 Å². The zero-order valence-electron chi connectivity index (χ0n) is 8.57. The third kappa shape index (κ3) is 2.18. The molecule has 1 aliphatic heterocycles. The van der Waals surface area contributed by atoms with Crippen LogP contribution in [-0.2, 0) is 4.43 Å². The van der Waals surface area contributed by atoms with E-state index in [-0.39, 0.29) is 12.1 Å². The maximum Gasteiger partial charge on any atom is 0.306 e. The number of allylic oxidation sites excluding steroid dienone is 2. The first kappa shape index (κ1) is 12.5. The average molecular weight is 236 g/mol. The zero-order valence-corrected chi connectivity index (χ0v) is 9.57. The number of halogens is 3. The highest BCUT2D eigenvalue weighted by atomic mass is 28.4. The monoisotopic (exact) mass is 236 g/mol. The van der Waals surface area contributed by atoms with E-state index < -0.39 is 19.7 Å². The molecule has 0 amide bonds. The Labute approximate surface area is 88.8 Å². The minimum atomic E-state index is -3.50. The molecular weight excluding hydrogens is 221 g/mol. The first-order chi connectivity index (χ1) is 6.96. The molecule has 1 rings (SSSR count). The summed E-state index contributed by atoms with van der Waals surface area (Å²) in [5.41, 5.74) is -3.50. The topological polar surface area (TPSA) is 9.23 Å². The molecule has 0 aromatic heterocycles. The fourth-order valence-electron chi connectivity index (χ4n) is 1.87. The Morgan fingerprint density at radius 1 is 1.47 bits per heavy atom. The molecule has 1 fully saturated rings. The van der Waals surface area contributed by atoms with Gasteiger partial charge >= 0.3 is 5.55 Å². The van der Waals surface area contributed by atoms with Crippen LogP contribution in [0, 0.1) is 0 Å². The second-order valence-corrected chi connectivity index (χ2v) is 7.59. The minimum Gasteiger partial charge on any atom is -0.409 e. The van der Waals surface area contributed by atoms with E-state index in [1.807, 2.05) is 0 Å². The number of hydrogen-bond donors (Lipinski definition) is 0. The molecule has 1 atom stereocenters. The van der Waals surface area contributed by atoms with Crippen LogP contribution < -0.4 is 0 Å². The van der Waals surface area contributed by atoms with Crippen LogP contribution in [0.5, 0.6) is 0 Å². The molecule has 0 aliphatic carbocycles. The maximum absolute atomic E-state index is 13.7. The predicted molar refractivity (Wildman–Crippen MR) is 55.9 cm³/mol. The number of alkyl halides is 2. The van der Waals surface area contributed by atoms with Gasteiger partial charge in [-0.3, -0.25) is 0 Å². The summed E-state index contributed by atoms with van der Waals surface area (Å²) in [7, 11) is -3.40. The number of rotatable bonds is 4. The van der Waals surface area contributed by atoms with Crippen molar-refractivity contribution in [1.82, 2.24) is 0 Å². The van der Waals surface area contributed by atoms with Crippen molar-refractivity contribution in [1.29, 1.82) is 0 Å². The van der Waals surface area contributed by atoms with Crippen molar-refractivity contribution >= 4 is 8.32 Å². The van der Waals surface area contributed by atoms with Crippen molar-refractivity contribution in [2.45, 2.75) is 30.5 Å². The quantitative estimate of drug-likeness (QED) is 0.535. The molecule has 1 aliphatic rings. The van der Waals surface area contributed by atoms with Crippen LogP contribution in [0.2, 0.25) is 12.1 Å². The summed E-state index contributed by atoms with van der Waals surface area (Å²) in [4.78, 5) is 0. The highest BCUT2D eigenvalue weighted by Crippen LogP contribution is 2.43. The van der Waals surface area contributed by atoms with Gasteiger partial charge in [-0.25, -0.2) is 13.2 Å². The van der Waals surface area contributed by atoms with Crippen molar-refractivity contribution < 1.29 is 17.6 Å². The molecular formula is C10H15F3OSi. The van der Waals surface area contributed by atoms with Crippen LogP contribution in [0.25, 0.3) is 0 Å². The van der Waals surface area contributed by atoms with Crippen LogP contribution in [0.15, 0.2) is 25.1 Å². The van der Waals surface area contributed by atoms with Crippen LogP contribution in [0.1, 0.15) is 12.8 Å². The third-order valence-corrected chi connectivity index (χ3v) is 7.02. The molecule has 1 heterocycles. The van der Waals surface area contributed by atoms with Gasteiger partial charge in [-0.05, 0) is 18.5 Å². The van der Waals surface area contributed by atoms with Crippen LogP contribution >= 0.6 is 0 Å². The van der Waals surface area contributed by atoms with Gasteiger partial charge in [0.2, 0.25) is 0 Å². The average Bonchev–Trinajstić information content (AvgIpc) is 2.19.